The van der Waals surface area contributed by atoms with Crippen molar-refractivity contribution in [3.8, 4) is 11.4 Å². The van der Waals surface area contributed by atoms with Gasteiger partial charge in [-0.25, -0.2) is 9.37 Å². The minimum Gasteiger partial charge on any atom is -0.350 e. The van der Waals surface area contributed by atoms with Gasteiger partial charge in [-0.3, -0.25) is 14.3 Å². The van der Waals surface area contributed by atoms with Gasteiger partial charge in [0.1, 0.15) is 11.6 Å². The lowest BCUT2D eigenvalue weighted by Crippen LogP contribution is -2.31. The zero-order chi connectivity index (χ0) is 21.3. The molecule has 0 fully saturated rings. The molecule has 1 aliphatic rings. The molecule has 8 heteroatoms. The molecule has 0 saturated heterocycles. The van der Waals surface area contributed by atoms with Crippen LogP contribution >= 0.6 is 0 Å². The summed E-state index contributed by atoms with van der Waals surface area (Å²) < 4.78 is 14.9. The fourth-order valence-electron chi connectivity index (χ4n) is 3.94. The van der Waals surface area contributed by atoms with E-state index in [1.54, 1.807) is 16.8 Å². The fraction of sp³-hybridized carbons (Fsp3) is 0.364. The molecular weight excluding hydrogens is 385 g/mol. The number of hydrogen-bond acceptors (Lipinski definition) is 4. The summed E-state index contributed by atoms with van der Waals surface area (Å²) in [5.41, 5.74) is 3.68. The number of rotatable bonds is 4. The van der Waals surface area contributed by atoms with Gasteiger partial charge >= 0.3 is 0 Å². The highest BCUT2D eigenvalue weighted by molar-refractivity contribution is 5.78. The molecule has 2 heterocycles. The number of nitrogens with one attached hydrogen (secondary N) is 2. The van der Waals surface area contributed by atoms with Gasteiger partial charge in [0.15, 0.2) is 0 Å². The minimum atomic E-state index is -0.342. The second-order valence-corrected chi connectivity index (χ2v) is 7.74. The highest BCUT2D eigenvalue weighted by Gasteiger charge is 2.25. The molecular formula is C22H24FN5O2. The van der Waals surface area contributed by atoms with E-state index in [1.807, 2.05) is 20.0 Å². The van der Waals surface area contributed by atoms with Crippen molar-refractivity contribution in [2.24, 2.45) is 13.0 Å². The molecule has 1 atom stereocenters. The fourth-order valence-corrected chi connectivity index (χ4v) is 3.94. The summed E-state index contributed by atoms with van der Waals surface area (Å²) in [4.78, 5) is 32.8. The molecule has 30 heavy (non-hydrogen) atoms. The third-order valence-electron chi connectivity index (χ3n) is 5.60. The van der Waals surface area contributed by atoms with Crippen molar-refractivity contribution in [1.29, 1.82) is 0 Å². The number of amides is 1. The highest BCUT2D eigenvalue weighted by atomic mass is 19.1. The third-order valence-corrected chi connectivity index (χ3v) is 5.60. The van der Waals surface area contributed by atoms with E-state index in [9.17, 15) is 14.0 Å². The van der Waals surface area contributed by atoms with E-state index in [1.165, 1.54) is 12.1 Å². The van der Waals surface area contributed by atoms with Gasteiger partial charge in [0.05, 0.1) is 23.6 Å². The van der Waals surface area contributed by atoms with Gasteiger partial charge in [-0.2, -0.15) is 5.10 Å². The maximum Gasteiger partial charge on any atom is 0.254 e. The molecule has 0 saturated carbocycles. The van der Waals surface area contributed by atoms with Crippen LogP contribution in [0.3, 0.4) is 0 Å². The number of carbonyl (C=O) groups excluding carboxylic acids is 1. The topological polar surface area (TPSA) is 92.7 Å². The number of aromatic nitrogens is 4. The molecule has 3 aromatic rings. The van der Waals surface area contributed by atoms with Crippen LogP contribution in [0.15, 0.2) is 35.1 Å². The summed E-state index contributed by atoms with van der Waals surface area (Å²) in [5.74, 6) is -0.113. The molecule has 4 rings (SSSR count). The molecule has 1 aliphatic carbocycles. The van der Waals surface area contributed by atoms with Crippen molar-refractivity contribution in [3.63, 3.8) is 0 Å². The zero-order valence-corrected chi connectivity index (χ0v) is 17.0. The Labute approximate surface area is 173 Å². The average Bonchev–Trinajstić information content (AvgIpc) is 2.90. The zero-order valence-electron chi connectivity index (χ0n) is 17.0. The molecule has 0 spiro atoms. The number of hydrogen-bond donors (Lipinski definition) is 2. The van der Waals surface area contributed by atoms with Crippen LogP contribution in [0.1, 0.15) is 35.5 Å². The first-order valence-corrected chi connectivity index (χ1v) is 10.1. The number of benzene rings is 1. The number of halogens is 1. The molecule has 0 radical (unpaired) electrons. The standard InChI is InChI=1S/C22H24FN5O2/c1-13-11-17(28(2)27-13)12-24-21(29)15-5-9-18-19(10-6-15)25-20(26-22(18)30)14-3-7-16(23)8-4-14/h3-4,7-8,11,15H,5-6,9-10,12H2,1-2H3,(H,24,29)(H,25,26,30). The molecule has 0 aliphatic heterocycles. The molecule has 1 unspecified atom stereocenters. The summed E-state index contributed by atoms with van der Waals surface area (Å²) in [7, 11) is 1.85. The van der Waals surface area contributed by atoms with Gasteiger partial charge in [-0.1, -0.05) is 0 Å². The van der Waals surface area contributed by atoms with Crippen molar-refractivity contribution >= 4 is 5.91 Å². The summed E-state index contributed by atoms with van der Waals surface area (Å²) in [6.07, 6.45) is 2.28. The van der Waals surface area contributed by atoms with Crippen molar-refractivity contribution < 1.29 is 9.18 Å². The number of carbonyl (C=O) groups is 1. The lowest BCUT2D eigenvalue weighted by Gasteiger charge is -2.14. The average molecular weight is 409 g/mol. The van der Waals surface area contributed by atoms with E-state index >= 15 is 0 Å². The second kappa shape index (κ2) is 8.22. The maximum atomic E-state index is 13.2. The monoisotopic (exact) mass is 409 g/mol. The lowest BCUT2D eigenvalue weighted by molar-refractivity contribution is -0.125. The quantitative estimate of drug-likeness (QED) is 0.648. The Morgan fingerprint density at radius 1 is 1.27 bits per heavy atom. The summed E-state index contributed by atoms with van der Waals surface area (Å²) in [5, 5.41) is 7.28. The van der Waals surface area contributed by atoms with Crippen LogP contribution in [0, 0.1) is 18.7 Å². The molecule has 7 nitrogen and oxygen atoms in total. The van der Waals surface area contributed by atoms with E-state index in [0.29, 0.717) is 49.2 Å². The third kappa shape index (κ3) is 4.17. The number of fused-ring (bicyclic) bond motifs is 1. The van der Waals surface area contributed by atoms with Crippen LogP contribution < -0.4 is 10.9 Å². The largest absolute Gasteiger partial charge is 0.350 e. The Bertz CT molecular complexity index is 1130. The van der Waals surface area contributed by atoms with Crippen LogP contribution in [-0.2, 0) is 31.2 Å². The van der Waals surface area contributed by atoms with Crippen LogP contribution in [0.2, 0.25) is 0 Å². The highest BCUT2D eigenvalue weighted by Crippen LogP contribution is 2.24. The van der Waals surface area contributed by atoms with E-state index in [2.05, 4.69) is 20.4 Å². The Morgan fingerprint density at radius 3 is 2.70 bits per heavy atom. The molecule has 156 valence electrons. The van der Waals surface area contributed by atoms with E-state index < -0.39 is 0 Å². The number of aryl methyl sites for hydroxylation is 3. The van der Waals surface area contributed by atoms with Crippen LogP contribution in [0.25, 0.3) is 11.4 Å². The number of aromatic amines is 1. The van der Waals surface area contributed by atoms with Gasteiger partial charge < -0.3 is 10.3 Å². The lowest BCUT2D eigenvalue weighted by atomic mass is 9.99. The molecule has 2 N–H and O–H groups in total. The maximum absolute atomic E-state index is 13.2. The first-order valence-electron chi connectivity index (χ1n) is 10.1. The van der Waals surface area contributed by atoms with E-state index in [0.717, 1.165) is 17.1 Å². The predicted octanol–water partition coefficient (Wildman–Crippen LogP) is 2.43. The Balaban J connectivity index is 1.46. The molecule has 1 amide bonds. The summed E-state index contributed by atoms with van der Waals surface area (Å²) in [6, 6.07) is 7.81. The SMILES string of the molecule is Cc1cc(CNC(=O)C2CCc3nc(-c4ccc(F)cc4)[nH]c(=O)c3CC2)n(C)n1. The van der Waals surface area contributed by atoms with E-state index in [-0.39, 0.29) is 23.2 Å². The van der Waals surface area contributed by atoms with Crippen LogP contribution in [0.4, 0.5) is 4.39 Å². The first-order chi connectivity index (χ1) is 14.4. The predicted molar refractivity (Wildman–Crippen MR) is 110 cm³/mol. The van der Waals surface area contributed by atoms with Crippen molar-refractivity contribution in [2.45, 2.75) is 39.2 Å². The van der Waals surface area contributed by atoms with Gasteiger partial charge in [0.25, 0.3) is 5.56 Å². The Kier molecular flexibility index (Phi) is 5.48. The molecule has 0 bridgehead atoms. The number of nitrogens with zero attached hydrogens (tertiary/aromatic N) is 3. The Morgan fingerprint density at radius 2 is 2.00 bits per heavy atom. The second-order valence-electron chi connectivity index (χ2n) is 7.74. The normalized spacial score (nSPS) is 16.0. The van der Waals surface area contributed by atoms with Gasteiger partial charge in [-0.15, -0.1) is 0 Å². The molecule has 1 aromatic carbocycles. The summed E-state index contributed by atoms with van der Waals surface area (Å²) in [6.45, 7) is 2.34. The van der Waals surface area contributed by atoms with Crippen LogP contribution in [-0.4, -0.2) is 25.7 Å². The first kappa shape index (κ1) is 20.0. The van der Waals surface area contributed by atoms with Crippen molar-refractivity contribution in [3.05, 3.63) is 69.1 Å². The van der Waals surface area contributed by atoms with Crippen LogP contribution in [0.5, 0.6) is 0 Å². The van der Waals surface area contributed by atoms with Crippen molar-refractivity contribution in [1.82, 2.24) is 25.1 Å². The molecule has 2 aromatic heterocycles. The smallest absolute Gasteiger partial charge is 0.254 e. The van der Waals surface area contributed by atoms with Crippen molar-refractivity contribution in [2.75, 3.05) is 0 Å². The minimum absolute atomic E-state index is 0.0168. The van der Waals surface area contributed by atoms with Gasteiger partial charge in [0.2, 0.25) is 5.91 Å². The Hall–Kier alpha value is -3.29. The van der Waals surface area contributed by atoms with Gasteiger partial charge in [-0.05, 0) is 62.9 Å². The van der Waals surface area contributed by atoms with E-state index in [4.69, 9.17) is 0 Å². The number of H-pyrrole nitrogens is 1. The van der Waals surface area contributed by atoms with Gasteiger partial charge in [0, 0.05) is 24.1 Å². The summed E-state index contributed by atoms with van der Waals surface area (Å²) >= 11 is 0.